The summed E-state index contributed by atoms with van der Waals surface area (Å²) >= 11 is 0. The van der Waals surface area contributed by atoms with Crippen molar-refractivity contribution in [3.05, 3.63) is 35.4 Å². The molecular weight excluding hydrogens is 200 g/mol. The minimum atomic E-state index is -0.613. The van der Waals surface area contributed by atoms with E-state index in [1.54, 1.807) is 0 Å². The van der Waals surface area contributed by atoms with E-state index in [-0.39, 0.29) is 17.9 Å². The summed E-state index contributed by atoms with van der Waals surface area (Å²) in [5, 5.41) is 2.70. The van der Waals surface area contributed by atoms with Gasteiger partial charge in [0.2, 0.25) is 5.91 Å². The van der Waals surface area contributed by atoms with E-state index in [2.05, 4.69) is 5.32 Å². The predicted molar refractivity (Wildman–Crippen MR) is 51.0 cm³/mol. The lowest BCUT2D eigenvalue weighted by atomic mass is 9.96. The third kappa shape index (κ3) is 1.98. The molecule has 15 heavy (non-hydrogen) atoms. The van der Waals surface area contributed by atoms with Gasteiger partial charge in [-0.05, 0) is 23.6 Å². The van der Waals surface area contributed by atoms with Crippen molar-refractivity contribution in [3.8, 4) is 0 Å². The van der Waals surface area contributed by atoms with E-state index in [9.17, 15) is 13.6 Å². The molecule has 1 heterocycles. The second-order valence-electron chi connectivity index (χ2n) is 3.93. The SMILES string of the molecule is CC1CC(=O)NC1c1cc(F)cc(F)c1. The summed E-state index contributed by atoms with van der Waals surface area (Å²) < 4.78 is 25.9. The molecule has 1 aliphatic rings. The van der Waals surface area contributed by atoms with E-state index < -0.39 is 11.6 Å². The molecule has 0 aliphatic carbocycles. The van der Waals surface area contributed by atoms with Crippen LogP contribution >= 0.6 is 0 Å². The Balaban J connectivity index is 2.33. The monoisotopic (exact) mass is 211 g/mol. The molecule has 4 heteroatoms. The van der Waals surface area contributed by atoms with Gasteiger partial charge in [0.15, 0.2) is 0 Å². The Bertz CT molecular complexity index is 385. The molecule has 2 nitrogen and oxygen atoms in total. The molecule has 1 fully saturated rings. The first-order valence-electron chi connectivity index (χ1n) is 4.81. The van der Waals surface area contributed by atoms with Crippen LogP contribution in [0.2, 0.25) is 0 Å². The summed E-state index contributed by atoms with van der Waals surface area (Å²) in [6.45, 7) is 1.88. The van der Waals surface area contributed by atoms with Gasteiger partial charge in [-0.1, -0.05) is 6.92 Å². The number of halogens is 2. The van der Waals surface area contributed by atoms with Crippen molar-refractivity contribution in [2.45, 2.75) is 19.4 Å². The zero-order valence-electron chi connectivity index (χ0n) is 8.26. The van der Waals surface area contributed by atoms with Crippen LogP contribution in [0.1, 0.15) is 24.9 Å². The molecule has 1 N–H and O–H groups in total. The van der Waals surface area contributed by atoms with Crippen molar-refractivity contribution in [1.29, 1.82) is 0 Å². The standard InChI is InChI=1S/C11H11F2NO/c1-6-2-10(15)14-11(6)7-3-8(12)5-9(13)4-7/h3-6,11H,2H2,1H3,(H,14,15). The lowest BCUT2D eigenvalue weighted by molar-refractivity contribution is -0.119. The van der Waals surface area contributed by atoms with Crippen LogP contribution < -0.4 is 5.32 Å². The maximum absolute atomic E-state index is 13.0. The number of carbonyl (C=O) groups excluding carboxylic acids is 1. The highest BCUT2D eigenvalue weighted by molar-refractivity contribution is 5.79. The van der Waals surface area contributed by atoms with Crippen LogP contribution in [0.5, 0.6) is 0 Å². The average Bonchev–Trinajstić information content (AvgIpc) is 2.43. The molecule has 0 bridgehead atoms. The van der Waals surface area contributed by atoms with Gasteiger partial charge in [-0.25, -0.2) is 8.78 Å². The molecule has 0 radical (unpaired) electrons. The van der Waals surface area contributed by atoms with E-state index in [0.717, 1.165) is 6.07 Å². The Labute approximate surface area is 86.3 Å². The number of benzene rings is 1. The Morgan fingerprint density at radius 2 is 1.87 bits per heavy atom. The fourth-order valence-electron chi connectivity index (χ4n) is 1.95. The van der Waals surface area contributed by atoms with Crippen molar-refractivity contribution in [1.82, 2.24) is 5.32 Å². The molecule has 0 saturated carbocycles. The quantitative estimate of drug-likeness (QED) is 0.757. The number of hydrogen-bond donors (Lipinski definition) is 1. The van der Waals surface area contributed by atoms with Gasteiger partial charge in [0.25, 0.3) is 0 Å². The average molecular weight is 211 g/mol. The Hall–Kier alpha value is -1.45. The summed E-state index contributed by atoms with van der Waals surface area (Å²) in [6, 6.07) is 3.07. The van der Waals surface area contributed by atoms with Gasteiger partial charge < -0.3 is 5.32 Å². The van der Waals surface area contributed by atoms with Gasteiger partial charge in [-0.15, -0.1) is 0 Å². The molecule has 0 aromatic heterocycles. The van der Waals surface area contributed by atoms with Gasteiger partial charge >= 0.3 is 0 Å². The second-order valence-corrected chi connectivity index (χ2v) is 3.93. The third-order valence-corrected chi connectivity index (χ3v) is 2.64. The van der Waals surface area contributed by atoms with E-state index >= 15 is 0 Å². The predicted octanol–water partition coefficient (Wildman–Crippen LogP) is 2.16. The van der Waals surface area contributed by atoms with E-state index in [4.69, 9.17) is 0 Å². The summed E-state index contributed by atoms with van der Waals surface area (Å²) in [6.07, 6.45) is 0.406. The molecule has 80 valence electrons. The van der Waals surface area contributed by atoms with Crippen molar-refractivity contribution < 1.29 is 13.6 Å². The zero-order valence-corrected chi connectivity index (χ0v) is 8.26. The molecule has 1 saturated heterocycles. The molecule has 1 aromatic rings. The van der Waals surface area contributed by atoms with Crippen LogP contribution in [0, 0.1) is 17.6 Å². The minimum Gasteiger partial charge on any atom is -0.349 e. The molecule has 1 aliphatic heterocycles. The first-order valence-corrected chi connectivity index (χ1v) is 4.81. The highest BCUT2D eigenvalue weighted by Crippen LogP contribution is 2.30. The Morgan fingerprint density at radius 3 is 2.33 bits per heavy atom. The maximum atomic E-state index is 13.0. The Morgan fingerprint density at radius 1 is 1.27 bits per heavy atom. The van der Waals surface area contributed by atoms with Crippen LogP contribution in [0.4, 0.5) is 8.78 Å². The molecule has 2 atom stereocenters. The first kappa shape index (κ1) is 10.1. The fraction of sp³-hybridized carbons (Fsp3) is 0.364. The lowest BCUT2D eigenvalue weighted by Crippen LogP contribution is -2.20. The fourth-order valence-corrected chi connectivity index (χ4v) is 1.95. The summed E-state index contributed by atoms with van der Waals surface area (Å²) in [5.41, 5.74) is 0.492. The van der Waals surface area contributed by atoms with Crippen molar-refractivity contribution in [2.75, 3.05) is 0 Å². The van der Waals surface area contributed by atoms with Gasteiger partial charge in [0.05, 0.1) is 6.04 Å². The molecule has 1 amide bonds. The van der Waals surface area contributed by atoms with E-state index in [1.807, 2.05) is 6.92 Å². The topological polar surface area (TPSA) is 29.1 Å². The maximum Gasteiger partial charge on any atom is 0.220 e. The second kappa shape index (κ2) is 3.61. The summed E-state index contributed by atoms with van der Waals surface area (Å²) in [7, 11) is 0. The Kier molecular flexibility index (Phi) is 2.42. The zero-order chi connectivity index (χ0) is 11.0. The highest BCUT2D eigenvalue weighted by atomic mass is 19.1. The number of hydrogen-bond acceptors (Lipinski definition) is 1. The molecule has 0 spiro atoms. The van der Waals surface area contributed by atoms with Crippen LogP contribution in [-0.2, 0) is 4.79 Å². The number of rotatable bonds is 1. The largest absolute Gasteiger partial charge is 0.349 e. The van der Waals surface area contributed by atoms with Gasteiger partial charge in [-0.3, -0.25) is 4.79 Å². The smallest absolute Gasteiger partial charge is 0.220 e. The van der Waals surface area contributed by atoms with Crippen molar-refractivity contribution in [2.24, 2.45) is 5.92 Å². The number of amides is 1. The van der Waals surface area contributed by atoms with Gasteiger partial charge in [0.1, 0.15) is 11.6 Å². The van der Waals surface area contributed by atoms with Crippen molar-refractivity contribution in [3.63, 3.8) is 0 Å². The molecule has 2 rings (SSSR count). The van der Waals surface area contributed by atoms with E-state index in [1.165, 1.54) is 12.1 Å². The number of nitrogens with one attached hydrogen (secondary N) is 1. The van der Waals surface area contributed by atoms with Gasteiger partial charge in [-0.2, -0.15) is 0 Å². The van der Waals surface area contributed by atoms with E-state index in [0.29, 0.717) is 12.0 Å². The van der Waals surface area contributed by atoms with Crippen LogP contribution in [-0.4, -0.2) is 5.91 Å². The van der Waals surface area contributed by atoms with Crippen LogP contribution in [0.15, 0.2) is 18.2 Å². The van der Waals surface area contributed by atoms with Gasteiger partial charge in [0, 0.05) is 12.5 Å². The highest BCUT2D eigenvalue weighted by Gasteiger charge is 2.30. The third-order valence-electron chi connectivity index (χ3n) is 2.64. The summed E-state index contributed by atoms with van der Waals surface area (Å²) in [4.78, 5) is 11.1. The molecule has 1 aromatic carbocycles. The lowest BCUT2D eigenvalue weighted by Gasteiger charge is -2.15. The summed E-state index contributed by atoms with van der Waals surface area (Å²) in [5.74, 6) is -1.23. The van der Waals surface area contributed by atoms with Crippen LogP contribution in [0.25, 0.3) is 0 Å². The molecule has 2 unspecified atom stereocenters. The number of carbonyl (C=O) groups is 1. The minimum absolute atomic E-state index is 0.0682. The molecular formula is C11H11F2NO. The normalized spacial score (nSPS) is 25.4. The van der Waals surface area contributed by atoms with Crippen LogP contribution in [0.3, 0.4) is 0 Å². The first-order chi connectivity index (χ1) is 7.06. The van der Waals surface area contributed by atoms with Crippen molar-refractivity contribution >= 4 is 5.91 Å².